The van der Waals surface area contributed by atoms with Gasteiger partial charge in [-0.2, -0.15) is 0 Å². The molecule has 1 amide bonds. The normalized spacial score (nSPS) is 9.95. The third-order valence-electron chi connectivity index (χ3n) is 2.49. The standard InChI is InChI=1S/C14H11NO5/c1-2-5-19-9-3-4-11-12(16)6-10(8-15-14(17)18)20-13(11)7-9/h1,3-4,6-7,15H,5,8H2,(H,17,18). The summed E-state index contributed by atoms with van der Waals surface area (Å²) >= 11 is 0. The molecule has 1 heterocycles. The van der Waals surface area contributed by atoms with Gasteiger partial charge in [-0.05, 0) is 12.1 Å². The maximum absolute atomic E-state index is 11.9. The minimum Gasteiger partial charge on any atom is -0.481 e. The van der Waals surface area contributed by atoms with Gasteiger partial charge in [-0.25, -0.2) is 4.79 Å². The van der Waals surface area contributed by atoms with E-state index in [1.165, 1.54) is 6.07 Å². The van der Waals surface area contributed by atoms with Crippen molar-refractivity contribution in [1.82, 2.24) is 5.32 Å². The summed E-state index contributed by atoms with van der Waals surface area (Å²) in [5.74, 6) is 3.03. The van der Waals surface area contributed by atoms with Crippen LogP contribution in [0.15, 0.2) is 33.5 Å². The van der Waals surface area contributed by atoms with E-state index in [2.05, 4.69) is 11.2 Å². The van der Waals surface area contributed by atoms with E-state index >= 15 is 0 Å². The van der Waals surface area contributed by atoms with Crippen molar-refractivity contribution in [2.75, 3.05) is 6.61 Å². The summed E-state index contributed by atoms with van der Waals surface area (Å²) in [7, 11) is 0. The number of benzene rings is 1. The fraction of sp³-hybridized carbons (Fsp3) is 0.143. The Morgan fingerprint density at radius 1 is 1.45 bits per heavy atom. The average Bonchev–Trinajstić information content (AvgIpc) is 2.42. The molecule has 0 bridgehead atoms. The zero-order valence-corrected chi connectivity index (χ0v) is 10.4. The number of ether oxygens (including phenoxy) is 1. The van der Waals surface area contributed by atoms with Crippen molar-refractivity contribution in [3.63, 3.8) is 0 Å². The third-order valence-corrected chi connectivity index (χ3v) is 2.49. The Morgan fingerprint density at radius 3 is 2.95 bits per heavy atom. The minimum absolute atomic E-state index is 0.0873. The molecule has 1 aromatic heterocycles. The van der Waals surface area contributed by atoms with E-state index in [9.17, 15) is 9.59 Å². The second-order valence-corrected chi connectivity index (χ2v) is 3.89. The van der Waals surface area contributed by atoms with Gasteiger partial charge >= 0.3 is 6.09 Å². The molecule has 20 heavy (non-hydrogen) atoms. The number of hydrogen-bond acceptors (Lipinski definition) is 4. The monoisotopic (exact) mass is 273 g/mol. The summed E-state index contributed by atoms with van der Waals surface area (Å²) in [5.41, 5.74) is 0.0612. The highest BCUT2D eigenvalue weighted by Crippen LogP contribution is 2.19. The fourth-order valence-corrected chi connectivity index (χ4v) is 1.65. The van der Waals surface area contributed by atoms with Crippen LogP contribution in [0.25, 0.3) is 11.0 Å². The van der Waals surface area contributed by atoms with Crippen LogP contribution in [0, 0.1) is 12.3 Å². The van der Waals surface area contributed by atoms with Crippen LogP contribution in [-0.4, -0.2) is 17.8 Å². The maximum Gasteiger partial charge on any atom is 0.405 e. The lowest BCUT2D eigenvalue weighted by atomic mass is 10.2. The van der Waals surface area contributed by atoms with Crippen LogP contribution in [0.5, 0.6) is 5.75 Å². The summed E-state index contributed by atoms with van der Waals surface area (Å²) in [4.78, 5) is 22.3. The SMILES string of the molecule is C#CCOc1ccc2c(=O)cc(CNC(=O)O)oc2c1. The topological polar surface area (TPSA) is 88.8 Å². The second kappa shape index (κ2) is 5.80. The number of fused-ring (bicyclic) bond motifs is 1. The third kappa shape index (κ3) is 3.09. The molecule has 0 atom stereocenters. The molecule has 2 aromatic rings. The number of carbonyl (C=O) groups is 1. The molecule has 2 N–H and O–H groups in total. The largest absolute Gasteiger partial charge is 0.481 e. The Balaban J connectivity index is 2.37. The molecular weight excluding hydrogens is 262 g/mol. The predicted molar refractivity (Wildman–Crippen MR) is 71.7 cm³/mol. The van der Waals surface area contributed by atoms with Crippen molar-refractivity contribution >= 4 is 17.1 Å². The van der Waals surface area contributed by atoms with Crippen LogP contribution in [0.3, 0.4) is 0 Å². The van der Waals surface area contributed by atoms with Crippen LogP contribution >= 0.6 is 0 Å². The van der Waals surface area contributed by atoms with Crippen molar-refractivity contribution in [3.05, 3.63) is 40.2 Å². The molecule has 0 unspecified atom stereocenters. The molecule has 0 saturated heterocycles. The van der Waals surface area contributed by atoms with E-state index in [0.717, 1.165) is 0 Å². The van der Waals surface area contributed by atoms with E-state index in [4.69, 9.17) is 20.7 Å². The smallest absolute Gasteiger partial charge is 0.405 e. The molecular formula is C14H11NO5. The molecule has 0 spiro atoms. The van der Waals surface area contributed by atoms with Gasteiger partial charge in [0.15, 0.2) is 5.43 Å². The zero-order valence-electron chi connectivity index (χ0n) is 10.4. The minimum atomic E-state index is -1.20. The summed E-state index contributed by atoms with van der Waals surface area (Å²) in [6, 6.07) is 5.98. The van der Waals surface area contributed by atoms with Crippen LogP contribution in [0.4, 0.5) is 4.79 Å². The van der Waals surface area contributed by atoms with Gasteiger partial charge in [-0.1, -0.05) is 5.92 Å². The van der Waals surface area contributed by atoms with Gasteiger partial charge in [0.25, 0.3) is 0 Å². The van der Waals surface area contributed by atoms with Crippen LogP contribution in [-0.2, 0) is 6.54 Å². The first kappa shape index (κ1) is 13.5. The van der Waals surface area contributed by atoms with E-state index in [1.54, 1.807) is 18.2 Å². The quantitative estimate of drug-likeness (QED) is 0.825. The van der Waals surface area contributed by atoms with E-state index in [0.29, 0.717) is 16.7 Å². The summed E-state index contributed by atoms with van der Waals surface area (Å²) in [5, 5.41) is 11.0. The Hall–Kier alpha value is -2.94. The molecule has 2 rings (SSSR count). The van der Waals surface area contributed by atoms with Crippen molar-refractivity contribution in [3.8, 4) is 18.1 Å². The first-order valence-electron chi connectivity index (χ1n) is 5.70. The Labute approximate surface area is 114 Å². The lowest BCUT2D eigenvalue weighted by Crippen LogP contribution is -2.20. The van der Waals surface area contributed by atoms with Gasteiger partial charge in [-0.15, -0.1) is 6.42 Å². The van der Waals surface area contributed by atoms with Gasteiger partial charge in [0.1, 0.15) is 23.7 Å². The van der Waals surface area contributed by atoms with E-state index in [1.807, 2.05) is 0 Å². The number of terminal acetylenes is 1. The highest BCUT2D eigenvalue weighted by Gasteiger charge is 2.07. The van der Waals surface area contributed by atoms with Crippen LogP contribution in [0.2, 0.25) is 0 Å². The average molecular weight is 273 g/mol. The van der Waals surface area contributed by atoms with Gasteiger partial charge in [-0.3, -0.25) is 4.79 Å². The number of carboxylic acid groups (broad SMARTS) is 1. The highest BCUT2D eigenvalue weighted by atomic mass is 16.5. The number of rotatable bonds is 4. The summed E-state index contributed by atoms with van der Waals surface area (Å²) in [6.45, 7) is 0.0198. The van der Waals surface area contributed by atoms with Crippen molar-refractivity contribution in [1.29, 1.82) is 0 Å². The molecule has 0 saturated carbocycles. The van der Waals surface area contributed by atoms with E-state index < -0.39 is 6.09 Å². The predicted octanol–water partition coefficient (Wildman–Crippen LogP) is 1.57. The number of amides is 1. The Bertz CT molecular complexity index is 741. The fourth-order valence-electron chi connectivity index (χ4n) is 1.65. The van der Waals surface area contributed by atoms with Gasteiger partial charge in [0.05, 0.1) is 11.9 Å². The molecule has 6 nitrogen and oxygen atoms in total. The van der Waals surface area contributed by atoms with Crippen molar-refractivity contribution in [2.24, 2.45) is 0 Å². The highest BCUT2D eigenvalue weighted by molar-refractivity contribution is 5.78. The number of hydrogen-bond donors (Lipinski definition) is 2. The van der Waals surface area contributed by atoms with Gasteiger partial charge < -0.3 is 19.6 Å². The molecule has 0 fully saturated rings. The van der Waals surface area contributed by atoms with Crippen molar-refractivity contribution < 1.29 is 19.1 Å². The van der Waals surface area contributed by atoms with Crippen LogP contribution < -0.4 is 15.5 Å². The molecule has 6 heteroatoms. The number of nitrogens with one attached hydrogen (secondary N) is 1. The Kier molecular flexibility index (Phi) is 3.91. The van der Waals surface area contributed by atoms with Crippen molar-refractivity contribution in [2.45, 2.75) is 6.54 Å². The second-order valence-electron chi connectivity index (χ2n) is 3.89. The lowest BCUT2D eigenvalue weighted by Gasteiger charge is -2.05. The Morgan fingerprint density at radius 2 is 2.25 bits per heavy atom. The summed E-state index contributed by atoms with van der Waals surface area (Å²) < 4.78 is 10.7. The van der Waals surface area contributed by atoms with Gasteiger partial charge in [0, 0.05) is 12.1 Å². The zero-order chi connectivity index (χ0) is 14.5. The molecule has 0 aliphatic heterocycles. The van der Waals surface area contributed by atoms with Gasteiger partial charge in [0.2, 0.25) is 0 Å². The summed E-state index contributed by atoms with van der Waals surface area (Å²) in [6.07, 6.45) is 3.90. The van der Waals surface area contributed by atoms with Crippen LogP contribution in [0.1, 0.15) is 5.76 Å². The molecule has 0 radical (unpaired) electrons. The molecule has 102 valence electrons. The first-order valence-corrected chi connectivity index (χ1v) is 5.70. The molecule has 0 aliphatic rings. The van der Waals surface area contributed by atoms with E-state index in [-0.39, 0.29) is 24.3 Å². The maximum atomic E-state index is 11.9. The molecule has 0 aliphatic carbocycles. The molecule has 1 aromatic carbocycles. The lowest BCUT2D eigenvalue weighted by molar-refractivity contribution is 0.193. The first-order chi connectivity index (χ1) is 9.60.